The molecule has 0 heterocycles. The fourth-order valence-corrected chi connectivity index (χ4v) is 1.93. The number of para-hydroxylation sites is 2. The normalized spacial score (nSPS) is 9.87. The second-order valence-corrected chi connectivity index (χ2v) is 4.69. The maximum Gasteiger partial charge on any atom is 0.317 e. The standard InChI is InChI=1S/C16H25N3O4/c1-4-19(5-2)16(21)18-11-10-17-15(20)12-23-14-9-7-6-8-13(14)22-3/h6-9H,4-5,10-12H2,1-3H3,(H,17,20)(H,18,21). The topological polar surface area (TPSA) is 79.9 Å². The van der Waals surface area contributed by atoms with E-state index in [4.69, 9.17) is 9.47 Å². The first-order valence-electron chi connectivity index (χ1n) is 7.67. The summed E-state index contributed by atoms with van der Waals surface area (Å²) < 4.78 is 10.5. The van der Waals surface area contributed by atoms with Crippen LogP contribution in [0.5, 0.6) is 11.5 Å². The van der Waals surface area contributed by atoms with Crippen molar-refractivity contribution < 1.29 is 19.1 Å². The third kappa shape index (κ3) is 6.46. The van der Waals surface area contributed by atoms with E-state index in [9.17, 15) is 9.59 Å². The Hall–Kier alpha value is -2.44. The molecule has 1 aromatic carbocycles. The van der Waals surface area contributed by atoms with Crippen molar-refractivity contribution >= 4 is 11.9 Å². The quantitative estimate of drug-likeness (QED) is 0.670. The van der Waals surface area contributed by atoms with Gasteiger partial charge in [0.1, 0.15) is 0 Å². The largest absolute Gasteiger partial charge is 0.493 e. The second kappa shape index (κ2) is 10.3. The molecule has 0 bridgehead atoms. The summed E-state index contributed by atoms with van der Waals surface area (Å²) >= 11 is 0. The highest BCUT2D eigenvalue weighted by molar-refractivity contribution is 5.78. The lowest BCUT2D eigenvalue weighted by Gasteiger charge is -2.19. The molecule has 7 nitrogen and oxygen atoms in total. The van der Waals surface area contributed by atoms with Crippen LogP contribution < -0.4 is 20.1 Å². The smallest absolute Gasteiger partial charge is 0.317 e. The molecule has 0 aliphatic carbocycles. The summed E-state index contributed by atoms with van der Waals surface area (Å²) in [4.78, 5) is 25.1. The summed E-state index contributed by atoms with van der Waals surface area (Å²) in [5.41, 5.74) is 0. The fourth-order valence-electron chi connectivity index (χ4n) is 1.93. The van der Waals surface area contributed by atoms with E-state index in [1.54, 1.807) is 30.2 Å². The number of nitrogens with zero attached hydrogens (tertiary/aromatic N) is 1. The van der Waals surface area contributed by atoms with Gasteiger partial charge in [0.05, 0.1) is 7.11 Å². The molecule has 23 heavy (non-hydrogen) atoms. The molecule has 1 aromatic rings. The highest BCUT2D eigenvalue weighted by Crippen LogP contribution is 2.25. The SMILES string of the molecule is CCN(CC)C(=O)NCCNC(=O)COc1ccccc1OC. The van der Waals surface area contributed by atoms with Crippen LogP contribution in [0.25, 0.3) is 0 Å². The van der Waals surface area contributed by atoms with Gasteiger partial charge in [-0.1, -0.05) is 12.1 Å². The monoisotopic (exact) mass is 323 g/mol. The van der Waals surface area contributed by atoms with Gasteiger partial charge in [0.15, 0.2) is 18.1 Å². The lowest BCUT2D eigenvalue weighted by molar-refractivity contribution is -0.123. The summed E-state index contributed by atoms with van der Waals surface area (Å²) in [7, 11) is 1.54. The molecule has 0 saturated heterocycles. The Morgan fingerprint density at radius 2 is 1.65 bits per heavy atom. The van der Waals surface area contributed by atoms with Crippen molar-refractivity contribution in [3.8, 4) is 11.5 Å². The molecule has 128 valence electrons. The molecule has 3 amide bonds. The molecule has 0 aliphatic rings. The zero-order valence-electron chi connectivity index (χ0n) is 13.9. The minimum absolute atomic E-state index is 0.107. The van der Waals surface area contributed by atoms with Crippen LogP contribution in [-0.2, 0) is 4.79 Å². The van der Waals surface area contributed by atoms with Gasteiger partial charge >= 0.3 is 6.03 Å². The number of urea groups is 1. The van der Waals surface area contributed by atoms with E-state index in [-0.39, 0.29) is 18.5 Å². The number of benzene rings is 1. The van der Waals surface area contributed by atoms with Crippen molar-refractivity contribution in [3.05, 3.63) is 24.3 Å². The van der Waals surface area contributed by atoms with Crippen LogP contribution >= 0.6 is 0 Å². The minimum Gasteiger partial charge on any atom is -0.493 e. The van der Waals surface area contributed by atoms with Crippen LogP contribution in [0.2, 0.25) is 0 Å². The molecule has 0 spiro atoms. The zero-order chi connectivity index (χ0) is 17.1. The Bertz CT molecular complexity index is 504. The number of ether oxygens (including phenoxy) is 2. The summed E-state index contributed by atoms with van der Waals surface area (Å²) in [6.45, 7) is 5.75. The van der Waals surface area contributed by atoms with Gasteiger partial charge in [0.2, 0.25) is 0 Å². The number of carbonyl (C=O) groups is 2. The van der Waals surface area contributed by atoms with E-state index >= 15 is 0 Å². The van der Waals surface area contributed by atoms with E-state index in [2.05, 4.69) is 10.6 Å². The molecule has 0 unspecified atom stereocenters. The van der Waals surface area contributed by atoms with Crippen molar-refractivity contribution in [2.75, 3.05) is 39.9 Å². The number of methoxy groups -OCH3 is 1. The predicted octanol–water partition coefficient (Wildman–Crippen LogP) is 1.24. The summed E-state index contributed by atoms with van der Waals surface area (Å²) in [6, 6.07) is 6.99. The van der Waals surface area contributed by atoms with Crippen molar-refractivity contribution in [1.82, 2.24) is 15.5 Å². The average Bonchev–Trinajstić information content (AvgIpc) is 2.58. The molecule has 0 saturated carbocycles. The third-order valence-electron chi connectivity index (χ3n) is 3.20. The van der Waals surface area contributed by atoms with Gasteiger partial charge < -0.3 is 25.0 Å². The average molecular weight is 323 g/mol. The number of carbonyl (C=O) groups excluding carboxylic acids is 2. The Morgan fingerprint density at radius 3 is 2.26 bits per heavy atom. The fraction of sp³-hybridized carbons (Fsp3) is 0.500. The second-order valence-electron chi connectivity index (χ2n) is 4.69. The third-order valence-corrected chi connectivity index (χ3v) is 3.20. The highest BCUT2D eigenvalue weighted by Gasteiger charge is 2.09. The van der Waals surface area contributed by atoms with Crippen molar-refractivity contribution in [2.45, 2.75) is 13.8 Å². The number of nitrogens with one attached hydrogen (secondary N) is 2. The van der Waals surface area contributed by atoms with Crippen LogP contribution in [0.3, 0.4) is 0 Å². The molecule has 0 aliphatic heterocycles. The zero-order valence-corrected chi connectivity index (χ0v) is 13.9. The maximum absolute atomic E-state index is 11.7. The molecule has 0 fully saturated rings. The van der Waals surface area contributed by atoms with Crippen LogP contribution in [-0.4, -0.2) is 56.7 Å². The van der Waals surface area contributed by atoms with Crippen LogP contribution in [0, 0.1) is 0 Å². The molecule has 1 rings (SSSR count). The van der Waals surface area contributed by atoms with E-state index in [0.29, 0.717) is 37.7 Å². The van der Waals surface area contributed by atoms with Gasteiger partial charge in [-0.05, 0) is 26.0 Å². The molecule has 0 radical (unpaired) electrons. The molecule has 0 atom stereocenters. The molecule has 7 heteroatoms. The predicted molar refractivity (Wildman–Crippen MR) is 87.8 cm³/mol. The number of hydrogen-bond donors (Lipinski definition) is 2. The number of amides is 3. The first kappa shape index (κ1) is 18.6. The minimum atomic E-state index is -0.256. The summed E-state index contributed by atoms with van der Waals surface area (Å²) in [5.74, 6) is 0.833. The highest BCUT2D eigenvalue weighted by atomic mass is 16.5. The molecule has 2 N–H and O–H groups in total. The van der Waals surface area contributed by atoms with E-state index < -0.39 is 0 Å². The Labute approximate surface area is 136 Å². The van der Waals surface area contributed by atoms with E-state index in [1.807, 2.05) is 19.9 Å². The summed E-state index contributed by atoms with van der Waals surface area (Å²) in [6.07, 6.45) is 0. The molecular weight excluding hydrogens is 298 g/mol. The lowest BCUT2D eigenvalue weighted by atomic mass is 10.3. The van der Waals surface area contributed by atoms with Gasteiger partial charge in [0, 0.05) is 26.2 Å². The van der Waals surface area contributed by atoms with Gasteiger partial charge in [-0.3, -0.25) is 4.79 Å². The molecule has 0 aromatic heterocycles. The maximum atomic E-state index is 11.7. The van der Waals surface area contributed by atoms with Crippen molar-refractivity contribution in [1.29, 1.82) is 0 Å². The van der Waals surface area contributed by atoms with Crippen LogP contribution in [0.15, 0.2) is 24.3 Å². The Kier molecular flexibility index (Phi) is 8.34. The summed E-state index contributed by atoms with van der Waals surface area (Å²) in [5, 5.41) is 5.43. The lowest BCUT2D eigenvalue weighted by Crippen LogP contribution is -2.43. The van der Waals surface area contributed by atoms with Gasteiger partial charge in [0.25, 0.3) is 5.91 Å². The van der Waals surface area contributed by atoms with Crippen LogP contribution in [0.1, 0.15) is 13.8 Å². The first-order valence-corrected chi connectivity index (χ1v) is 7.67. The number of rotatable bonds is 9. The van der Waals surface area contributed by atoms with E-state index in [1.165, 1.54) is 0 Å². The van der Waals surface area contributed by atoms with Gasteiger partial charge in [-0.25, -0.2) is 4.79 Å². The Balaban J connectivity index is 2.23. The Morgan fingerprint density at radius 1 is 1.04 bits per heavy atom. The number of hydrogen-bond acceptors (Lipinski definition) is 4. The van der Waals surface area contributed by atoms with Gasteiger partial charge in [-0.2, -0.15) is 0 Å². The first-order chi connectivity index (χ1) is 11.1. The van der Waals surface area contributed by atoms with Crippen molar-refractivity contribution in [3.63, 3.8) is 0 Å². The van der Waals surface area contributed by atoms with Crippen LogP contribution in [0.4, 0.5) is 4.79 Å². The van der Waals surface area contributed by atoms with Crippen molar-refractivity contribution in [2.24, 2.45) is 0 Å². The molecular formula is C16H25N3O4. The van der Waals surface area contributed by atoms with E-state index in [0.717, 1.165) is 0 Å². The van der Waals surface area contributed by atoms with Gasteiger partial charge in [-0.15, -0.1) is 0 Å².